The van der Waals surface area contributed by atoms with E-state index in [1.807, 2.05) is 21.1 Å². The number of quaternary nitrogens is 1. The molecule has 0 aliphatic rings. The topological polar surface area (TPSA) is 111 Å². The van der Waals surface area contributed by atoms with Crippen molar-refractivity contribution in [3.05, 3.63) is 109 Å². The van der Waals surface area contributed by atoms with E-state index in [1.54, 1.807) is 0 Å². The fraction of sp³-hybridized carbons (Fsp3) is 0.692. The van der Waals surface area contributed by atoms with Crippen molar-refractivity contribution in [3.63, 3.8) is 0 Å². The Kier molecular flexibility index (Phi) is 53.0. The fourth-order valence-electron chi connectivity index (χ4n) is 7.90. The van der Waals surface area contributed by atoms with Gasteiger partial charge in [-0.05, 0) is 103 Å². The van der Waals surface area contributed by atoms with Crippen molar-refractivity contribution in [1.82, 2.24) is 0 Å². The van der Waals surface area contributed by atoms with Gasteiger partial charge in [-0.2, -0.15) is 0 Å². The van der Waals surface area contributed by atoms with Crippen LogP contribution < -0.4 is 4.89 Å². The third-order valence-corrected chi connectivity index (χ3v) is 13.5. The Balaban J connectivity index is 4.19. The van der Waals surface area contributed by atoms with Crippen LogP contribution in [0, 0.1) is 0 Å². The number of unbranched alkanes of at least 4 members (excludes halogenated alkanes) is 22. The van der Waals surface area contributed by atoms with Gasteiger partial charge in [0.2, 0.25) is 0 Å². The summed E-state index contributed by atoms with van der Waals surface area (Å²) in [5.41, 5.74) is 0. The molecule has 9 nitrogen and oxygen atoms in total. The number of rotatable bonds is 54. The molecular weight excluding hydrogens is 954 g/mol. The molecule has 0 bridgehead atoms. The average molecular weight is 1070 g/mol. The number of hydrogen-bond acceptors (Lipinski definition) is 8. The van der Waals surface area contributed by atoms with Crippen molar-refractivity contribution in [2.45, 2.75) is 245 Å². The molecule has 2 unspecified atom stereocenters. The SMILES string of the molecule is CC/C=C\C/C=C\C/C=C\C/C=C\C/C=C\C/C=C\C/C=C\C/C=C\CCCCCCCCCCC(=O)OC(COC(=O)CCCCCCCCC/C=C\CCCCCCCCC)COP(=O)([O-])OCC[N+](C)(C)C. The van der Waals surface area contributed by atoms with Crippen LogP contribution in [0.25, 0.3) is 0 Å². The maximum absolute atomic E-state index is 12.8. The van der Waals surface area contributed by atoms with Gasteiger partial charge in [-0.1, -0.05) is 232 Å². The van der Waals surface area contributed by atoms with Crippen molar-refractivity contribution in [2.75, 3.05) is 47.5 Å². The molecule has 0 saturated carbocycles. The minimum atomic E-state index is -4.65. The van der Waals surface area contributed by atoms with Crippen LogP contribution in [-0.2, 0) is 32.7 Å². The maximum atomic E-state index is 12.8. The molecule has 2 atom stereocenters. The monoisotopic (exact) mass is 1070 g/mol. The molecule has 0 saturated heterocycles. The molecule has 0 radical (unpaired) electrons. The van der Waals surface area contributed by atoms with Crippen LogP contribution in [0.4, 0.5) is 0 Å². The molecule has 0 N–H and O–H groups in total. The van der Waals surface area contributed by atoms with Gasteiger partial charge >= 0.3 is 11.9 Å². The normalized spacial score (nSPS) is 14.1. The molecule has 10 heteroatoms. The molecule has 0 aromatic carbocycles. The minimum absolute atomic E-state index is 0.0381. The van der Waals surface area contributed by atoms with Gasteiger partial charge in [0.1, 0.15) is 19.8 Å². The van der Waals surface area contributed by atoms with E-state index in [2.05, 4.69) is 123 Å². The summed E-state index contributed by atoms with van der Waals surface area (Å²) in [4.78, 5) is 37.9. The second kappa shape index (κ2) is 55.4. The van der Waals surface area contributed by atoms with E-state index in [4.69, 9.17) is 18.5 Å². The van der Waals surface area contributed by atoms with Gasteiger partial charge in [0, 0.05) is 12.8 Å². The molecule has 0 heterocycles. The highest BCUT2D eigenvalue weighted by molar-refractivity contribution is 7.45. The van der Waals surface area contributed by atoms with E-state index in [0.29, 0.717) is 17.4 Å². The van der Waals surface area contributed by atoms with Gasteiger partial charge in [0.15, 0.2) is 6.10 Å². The van der Waals surface area contributed by atoms with Crippen LogP contribution in [-0.4, -0.2) is 70.0 Å². The third-order valence-electron chi connectivity index (χ3n) is 12.5. The number of carbonyl (C=O) groups excluding carboxylic acids is 2. The number of hydrogen-bond donors (Lipinski definition) is 0. The molecule has 0 spiro atoms. The molecule has 0 aromatic rings. The summed E-state index contributed by atoms with van der Waals surface area (Å²) in [6, 6.07) is 0. The largest absolute Gasteiger partial charge is 0.756 e. The number of esters is 2. The van der Waals surface area contributed by atoms with Crippen molar-refractivity contribution in [2.24, 2.45) is 0 Å². The molecule has 430 valence electrons. The first-order valence-electron chi connectivity index (χ1n) is 30.1. The molecule has 75 heavy (non-hydrogen) atoms. The number of ether oxygens (including phenoxy) is 2. The number of likely N-dealkylation sites (N-methyl/N-ethyl adjacent to an activating group) is 1. The summed E-state index contributed by atoms with van der Waals surface area (Å²) < 4.78 is 34.2. The summed E-state index contributed by atoms with van der Waals surface area (Å²) in [5, 5.41) is 0. The zero-order valence-electron chi connectivity index (χ0n) is 48.7. The summed E-state index contributed by atoms with van der Waals surface area (Å²) in [6.45, 7) is 4.11. The number of phosphoric ester groups is 1. The fourth-order valence-corrected chi connectivity index (χ4v) is 8.63. The summed E-state index contributed by atoms with van der Waals surface area (Å²) in [5.74, 6) is -0.851. The molecule has 0 aromatic heterocycles. The van der Waals surface area contributed by atoms with E-state index in [9.17, 15) is 19.0 Å². The van der Waals surface area contributed by atoms with Gasteiger partial charge in [-0.15, -0.1) is 0 Å². The molecule has 0 aliphatic carbocycles. The Morgan fingerprint density at radius 3 is 1.15 bits per heavy atom. The Morgan fingerprint density at radius 2 is 0.760 bits per heavy atom. The van der Waals surface area contributed by atoms with Crippen LogP contribution in [0.3, 0.4) is 0 Å². The minimum Gasteiger partial charge on any atom is -0.756 e. The van der Waals surface area contributed by atoms with Gasteiger partial charge in [-0.25, -0.2) is 0 Å². The Hall–Kier alpha value is -3.33. The van der Waals surface area contributed by atoms with Gasteiger partial charge in [-0.3, -0.25) is 14.2 Å². The molecule has 0 aliphatic heterocycles. The van der Waals surface area contributed by atoms with Crippen molar-refractivity contribution >= 4 is 19.8 Å². The van der Waals surface area contributed by atoms with E-state index in [-0.39, 0.29) is 26.1 Å². The zero-order chi connectivity index (χ0) is 54.9. The second-order valence-corrected chi connectivity index (χ2v) is 22.4. The second-order valence-electron chi connectivity index (χ2n) is 21.0. The van der Waals surface area contributed by atoms with E-state index >= 15 is 0 Å². The number of phosphoric acid groups is 1. The van der Waals surface area contributed by atoms with Crippen LogP contribution >= 0.6 is 7.82 Å². The highest BCUT2D eigenvalue weighted by Crippen LogP contribution is 2.38. The first kappa shape index (κ1) is 71.7. The van der Waals surface area contributed by atoms with Crippen molar-refractivity contribution in [1.29, 1.82) is 0 Å². The molecule has 0 fully saturated rings. The summed E-state index contributed by atoms with van der Waals surface area (Å²) in [7, 11) is 1.15. The lowest BCUT2D eigenvalue weighted by Crippen LogP contribution is -2.37. The van der Waals surface area contributed by atoms with E-state index < -0.39 is 32.5 Å². The van der Waals surface area contributed by atoms with Crippen LogP contribution in [0.2, 0.25) is 0 Å². The smallest absolute Gasteiger partial charge is 0.306 e. The number of nitrogens with zero attached hydrogens (tertiary/aromatic N) is 1. The zero-order valence-corrected chi connectivity index (χ0v) is 49.6. The highest BCUT2D eigenvalue weighted by atomic mass is 31.2. The standard InChI is InChI=1S/C65H112NO8P/c1-6-8-10-12-14-16-18-20-22-24-26-27-28-29-30-31-32-33-34-35-36-37-38-39-40-42-44-46-48-50-52-54-56-58-65(68)74-63(62-73-75(69,70)72-60-59-66(3,4)5)61-71-64(67)57-55-53-51-49-47-45-43-41-25-23-21-19-17-15-13-11-9-7-2/h8,10,14,16,20,22-23,25-27,29-30,32-33,35-36,38-39,63H,6-7,9,11-13,15,17-19,21,24,28,31,34,37,40-62H2,1-5H3/b10-8-,16-14-,22-20-,25-23-,27-26-,30-29-,33-32-,36-35-,39-38-. The predicted molar refractivity (Wildman–Crippen MR) is 318 cm³/mol. The van der Waals surface area contributed by atoms with Crippen molar-refractivity contribution < 1.29 is 42.1 Å². The van der Waals surface area contributed by atoms with Crippen LogP contribution in [0.1, 0.15) is 239 Å². The Bertz CT molecular complexity index is 1630. The van der Waals surface area contributed by atoms with Gasteiger partial charge in [0.05, 0.1) is 27.7 Å². The molecular formula is C65H112NO8P. The van der Waals surface area contributed by atoms with E-state index in [1.165, 1.54) is 96.3 Å². The lowest BCUT2D eigenvalue weighted by atomic mass is 10.1. The molecule has 0 amide bonds. The van der Waals surface area contributed by atoms with Crippen LogP contribution in [0.15, 0.2) is 109 Å². The first-order valence-corrected chi connectivity index (χ1v) is 31.6. The third kappa shape index (κ3) is 59.8. The lowest BCUT2D eigenvalue weighted by Gasteiger charge is -2.28. The quantitative estimate of drug-likeness (QED) is 0.0195. The maximum Gasteiger partial charge on any atom is 0.306 e. The van der Waals surface area contributed by atoms with E-state index in [0.717, 1.165) is 109 Å². The van der Waals surface area contributed by atoms with Crippen molar-refractivity contribution in [3.8, 4) is 0 Å². The number of allylic oxidation sites excluding steroid dienone is 18. The highest BCUT2D eigenvalue weighted by Gasteiger charge is 2.22. The number of carbonyl (C=O) groups is 2. The average Bonchev–Trinajstić information content (AvgIpc) is 3.37. The lowest BCUT2D eigenvalue weighted by molar-refractivity contribution is -0.870. The Labute approximate surface area is 461 Å². The first-order chi connectivity index (χ1) is 36.5. The summed E-state index contributed by atoms with van der Waals surface area (Å²) in [6.07, 6.45) is 77.0. The van der Waals surface area contributed by atoms with Crippen LogP contribution in [0.5, 0.6) is 0 Å². The molecule has 0 rings (SSSR count). The summed E-state index contributed by atoms with van der Waals surface area (Å²) >= 11 is 0. The Morgan fingerprint density at radius 1 is 0.427 bits per heavy atom. The van der Waals surface area contributed by atoms with Gasteiger partial charge < -0.3 is 27.9 Å². The van der Waals surface area contributed by atoms with Gasteiger partial charge in [0.25, 0.3) is 7.82 Å². The predicted octanol–water partition coefficient (Wildman–Crippen LogP) is 18.3.